The van der Waals surface area contributed by atoms with Crippen molar-refractivity contribution >= 4 is 0 Å². The van der Waals surface area contributed by atoms with Crippen LogP contribution in [0.3, 0.4) is 0 Å². The Morgan fingerprint density at radius 2 is 2.14 bits per heavy atom. The Hall–Kier alpha value is -1.03. The molecule has 0 amide bonds. The molecule has 0 unspecified atom stereocenters. The van der Waals surface area contributed by atoms with Crippen LogP contribution in [0.15, 0.2) is 23.3 Å². The second-order valence-corrected chi connectivity index (χ2v) is 8.75. The van der Waals surface area contributed by atoms with Crippen molar-refractivity contribution in [1.29, 1.82) is 5.26 Å². The number of hydrogen-bond acceptors (Lipinski definition) is 1. The van der Waals surface area contributed by atoms with Gasteiger partial charge in [0.15, 0.2) is 0 Å². The van der Waals surface area contributed by atoms with E-state index in [1.54, 1.807) is 5.57 Å². The van der Waals surface area contributed by atoms with Gasteiger partial charge in [0.1, 0.15) is 0 Å². The summed E-state index contributed by atoms with van der Waals surface area (Å²) in [4.78, 5) is 0. The van der Waals surface area contributed by atoms with E-state index in [1.807, 2.05) is 0 Å². The minimum Gasteiger partial charge on any atom is -0.198 e. The highest BCUT2D eigenvalue weighted by atomic mass is 14.6. The summed E-state index contributed by atoms with van der Waals surface area (Å²) in [5.74, 6) is 4.30. The van der Waals surface area contributed by atoms with Crippen LogP contribution < -0.4 is 0 Å². The van der Waals surface area contributed by atoms with Crippen molar-refractivity contribution in [2.75, 3.05) is 0 Å². The van der Waals surface area contributed by atoms with Gasteiger partial charge in [0.25, 0.3) is 0 Å². The van der Waals surface area contributed by atoms with Crippen LogP contribution in [0, 0.1) is 52.3 Å². The molecule has 0 saturated heterocycles. The van der Waals surface area contributed by atoms with E-state index in [4.69, 9.17) is 0 Å². The number of nitriles is 1. The SMILES string of the molecule is CC(C)=C[C@@H]1C[C@H](C)[C@H]2CC[C@](C)(C#N)[C@H]3CC=C(C)[C@@H]1[C@H]23. The van der Waals surface area contributed by atoms with Crippen molar-refractivity contribution in [2.45, 2.75) is 60.3 Å². The summed E-state index contributed by atoms with van der Waals surface area (Å²) < 4.78 is 0. The summed E-state index contributed by atoms with van der Waals surface area (Å²) in [6.45, 7) is 11.5. The minimum atomic E-state index is -0.108. The predicted octanol–water partition coefficient (Wildman–Crippen LogP) is 5.75. The van der Waals surface area contributed by atoms with E-state index < -0.39 is 0 Å². The summed E-state index contributed by atoms with van der Waals surface area (Å²) in [5, 5.41) is 9.81. The number of nitrogens with zero attached hydrogens (tertiary/aromatic N) is 1. The maximum atomic E-state index is 9.81. The molecule has 22 heavy (non-hydrogen) atoms. The Morgan fingerprint density at radius 1 is 1.41 bits per heavy atom. The zero-order valence-corrected chi connectivity index (χ0v) is 14.9. The zero-order valence-electron chi connectivity index (χ0n) is 14.9. The highest BCUT2D eigenvalue weighted by Gasteiger charge is 2.55. The minimum absolute atomic E-state index is 0.108. The van der Waals surface area contributed by atoms with E-state index in [2.05, 4.69) is 52.8 Å². The lowest BCUT2D eigenvalue weighted by atomic mass is 9.46. The topological polar surface area (TPSA) is 23.8 Å². The second kappa shape index (κ2) is 5.55. The first-order valence-electron chi connectivity index (χ1n) is 9.10. The number of hydrogen-bond donors (Lipinski definition) is 0. The van der Waals surface area contributed by atoms with Gasteiger partial charge in [-0.1, -0.05) is 30.2 Å². The lowest BCUT2D eigenvalue weighted by Gasteiger charge is -2.58. The van der Waals surface area contributed by atoms with Gasteiger partial charge >= 0.3 is 0 Å². The van der Waals surface area contributed by atoms with Crippen LogP contribution in [0.1, 0.15) is 60.3 Å². The van der Waals surface area contributed by atoms with Gasteiger partial charge in [-0.3, -0.25) is 0 Å². The van der Waals surface area contributed by atoms with Gasteiger partial charge in [-0.05, 0) is 88.9 Å². The van der Waals surface area contributed by atoms with Gasteiger partial charge in [0.2, 0.25) is 0 Å². The lowest BCUT2D eigenvalue weighted by Crippen LogP contribution is -2.52. The quantitative estimate of drug-likeness (QED) is 0.565. The molecular weight excluding hydrogens is 266 g/mol. The van der Waals surface area contributed by atoms with Crippen molar-refractivity contribution in [3.05, 3.63) is 23.3 Å². The number of rotatable bonds is 1. The Kier molecular flexibility index (Phi) is 4.00. The van der Waals surface area contributed by atoms with E-state index >= 15 is 0 Å². The summed E-state index contributed by atoms with van der Waals surface area (Å²) in [6.07, 6.45) is 9.81. The van der Waals surface area contributed by atoms with Crippen LogP contribution in [-0.2, 0) is 0 Å². The Balaban J connectivity index is 2.05. The van der Waals surface area contributed by atoms with Crippen molar-refractivity contribution in [1.82, 2.24) is 0 Å². The molecule has 3 aliphatic rings. The molecule has 0 aromatic rings. The van der Waals surface area contributed by atoms with Crippen LogP contribution in [0.2, 0.25) is 0 Å². The smallest absolute Gasteiger partial charge is 0.0689 e. The highest BCUT2D eigenvalue weighted by molar-refractivity contribution is 5.23. The summed E-state index contributed by atoms with van der Waals surface area (Å²) in [7, 11) is 0. The molecule has 3 aliphatic carbocycles. The average molecular weight is 297 g/mol. The third-order valence-electron chi connectivity index (χ3n) is 7.05. The van der Waals surface area contributed by atoms with Gasteiger partial charge in [0.05, 0.1) is 11.5 Å². The molecule has 1 nitrogen and oxygen atoms in total. The molecule has 0 aromatic heterocycles. The zero-order chi connectivity index (χ0) is 16.1. The Labute approximate surface area is 136 Å². The fourth-order valence-corrected chi connectivity index (χ4v) is 6.03. The molecule has 120 valence electrons. The van der Waals surface area contributed by atoms with Crippen molar-refractivity contribution in [3.8, 4) is 6.07 Å². The first-order chi connectivity index (χ1) is 10.4. The van der Waals surface area contributed by atoms with Gasteiger partial charge in [-0.2, -0.15) is 5.26 Å². The fourth-order valence-electron chi connectivity index (χ4n) is 6.03. The molecule has 0 aromatic carbocycles. The van der Waals surface area contributed by atoms with Crippen LogP contribution in [0.5, 0.6) is 0 Å². The van der Waals surface area contributed by atoms with Gasteiger partial charge in [-0.15, -0.1) is 0 Å². The average Bonchev–Trinajstić information content (AvgIpc) is 2.45. The molecule has 2 fully saturated rings. The third kappa shape index (κ3) is 2.36. The third-order valence-corrected chi connectivity index (χ3v) is 7.05. The molecule has 7 atom stereocenters. The first-order valence-corrected chi connectivity index (χ1v) is 9.10. The van der Waals surface area contributed by atoms with E-state index in [9.17, 15) is 5.26 Å². The number of allylic oxidation sites excluding steroid dienone is 4. The molecule has 0 heterocycles. The van der Waals surface area contributed by atoms with Crippen LogP contribution in [0.4, 0.5) is 0 Å². The molecular formula is C21H31N. The van der Waals surface area contributed by atoms with E-state index in [0.29, 0.717) is 17.8 Å². The molecule has 0 bridgehead atoms. The summed E-state index contributed by atoms with van der Waals surface area (Å²) >= 11 is 0. The second-order valence-electron chi connectivity index (χ2n) is 8.75. The molecule has 0 radical (unpaired) electrons. The van der Waals surface area contributed by atoms with Crippen LogP contribution >= 0.6 is 0 Å². The van der Waals surface area contributed by atoms with Gasteiger partial charge < -0.3 is 0 Å². The van der Waals surface area contributed by atoms with Crippen LogP contribution in [-0.4, -0.2) is 0 Å². The first kappa shape index (κ1) is 15.9. The fraction of sp³-hybridized carbons (Fsp3) is 0.762. The van der Waals surface area contributed by atoms with E-state index in [1.165, 1.54) is 18.4 Å². The van der Waals surface area contributed by atoms with E-state index in [0.717, 1.165) is 30.6 Å². The molecule has 1 heteroatoms. The Morgan fingerprint density at radius 3 is 2.77 bits per heavy atom. The molecule has 0 spiro atoms. The van der Waals surface area contributed by atoms with Crippen molar-refractivity contribution < 1.29 is 0 Å². The normalized spacial score (nSPS) is 47.0. The highest BCUT2D eigenvalue weighted by Crippen LogP contribution is 2.61. The summed E-state index contributed by atoms with van der Waals surface area (Å²) in [5.41, 5.74) is 2.94. The summed E-state index contributed by atoms with van der Waals surface area (Å²) in [6, 6.07) is 2.71. The van der Waals surface area contributed by atoms with Gasteiger partial charge in [0, 0.05) is 0 Å². The lowest BCUT2D eigenvalue weighted by molar-refractivity contribution is -0.0489. The standard InChI is InChI=1S/C21H31N/c1-13(2)10-16-11-15(4)17-8-9-21(5,12-22)18-7-6-14(3)19(16)20(17)18/h6,10,15-20H,7-9,11H2,1-5H3/t15-,16+,17+,18-,19-,20+,21+/m0/s1. The molecule has 0 N–H and O–H groups in total. The van der Waals surface area contributed by atoms with Crippen molar-refractivity contribution in [2.24, 2.45) is 40.9 Å². The predicted molar refractivity (Wildman–Crippen MR) is 92.0 cm³/mol. The van der Waals surface area contributed by atoms with Gasteiger partial charge in [-0.25, -0.2) is 0 Å². The maximum Gasteiger partial charge on any atom is 0.0689 e. The molecule has 0 aliphatic heterocycles. The molecule has 2 saturated carbocycles. The monoisotopic (exact) mass is 297 g/mol. The Bertz CT molecular complexity index is 545. The van der Waals surface area contributed by atoms with E-state index in [-0.39, 0.29) is 5.41 Å². The maximum absolute atomic E-state index is 9.81. The van der Waals surface area contributed by atoms with Crippen LogP contribution in [0.25, 0.3) is 0 Å². The molecule has 3 rings (SSSR count). The van der Waals surface area contributed by atoms with Crippen molar-refractivity contribution in [3.63, 3.8) is 0 Å². The largest absolute Gasteiger partial charge is 0.198 e.